The van der Waals surface area contributed by atoms with E-state index >= 15 is 0 Å². The van der Waals surface area contributed by atoms with Crippen LogP contribution in [0, 0.1) is 5.92 Å². The first-order valence-corrected chi connectivity index (χ1v) is 7.56. The monoisotopic (exact) mass is 290 g/mol. The molecular formula is C16H26N4O. The summed E-state index contributed by atoms with van der Waals surface area (Å²) in [6, 6.07) is 7.34. The normalized spacial score (nSPS) is 19.1. The molecule has 1 aromatic rings. The summed E-state index contributed by atoms with van der Waals surface area (Å²) in [6.07, 6.45) is 1.75. The second-order valence-corrected chi connectivity index (χ2v) is 6.06. The highest BCUT2D eigenvalue weighted by molar-refractivity contribution is 5.93. The van der Waals surface area contributed by atoms with Gasteiger partial charge in [-0.25, -0.2) is 0 Å². The fraction of sp³-hybridized carbons (Fsp3) is 0.562. The van der Waals surface area contributed by atoms with Gasteiger partial charge in [0.25, 0.3) is 0 Å². The maximum atomic E-state index is 12.0. The molecule has 1 saturated heterocycles. The van der Waals surface area contributed by atoms with Crippen LogP contribution in [-0.4, -0.2) is 56.0 Å². The van der Waals surface area contributed by atoms with Crippen LogP contribution >= 0.6 is 0 Å². The highest BCUT2D eigenvalue weighted by atomic mass is 16.1. The smallest absolute Gasteiger partial charge is 0.225 e. The number of para-hydroxylation sites is 2. The van der Waals surface area contributed by atoms with E-state index in [0.29, 0.717) is 17.8 Å². The molecule has 1 amide bonds. The van der Waals surface area contributed by atoms with Crippen molar-refractivity contribution in [3.8, 4) is 0 Å². The van der Waals surface area contributed by atoms with Gasteiger partial charge in [-0.1, -0.05) is 12.1 Å². The molecule has 1 aliphatic heterocycles. The first-order chi connectivity index (χ1) is 10.0. The maximum absolute atomic E-state index is 12.0. The van der Waals surface area contributed by atoms with Crippen LogP contribution in [0.15, 0.2) is 24.3 Å². The van der Waals surface area contributed by atoms with E-state index in [0.717, 1.165) is 25.6 Å². The number of nitrogen functional groups attached to an aromatic ring is 1. The second kappa shape index (κ2) is 7.43. The van der Waals surface area contributed by atoms with Gasteiger partial charge in [-0.05, 0) is 45.1 Å². The molecule has 1 fully saturated rings. The first kappa shape index (κ1) is 15.8. The zero-order chi connectivity index (χ0) is 15.2. The minimum atomic E-state index is 0.0169. The third-order valence-electron chi connectivity index (χ3n) is 4.01. The Bertz CT molecular complexity index is 477. The summed E-state index contributed by atoms with van der Waals surface area (Å²) in [6.45, 7) is 4.19. The second-order valence-electron chi connectivity index (χ2n) is 6.06. The molecule has 1 aromatic carbocycles. The predicted octanol–water partition coefficient (Wildman–Crippen LogP) is 1.48. The van der Waals surface area contributed by atoms with E-state index in [9.17, 15) is 4.79 Å². The predicted molar refractivity (Wildman–Crippen MR) is 87.2 cm³/mol. The maximum Gasteiger partial charge on any atom is 0.225 e. The summed E-state index contributed by atoms with van der Waals surface area (Å²) >= 11 is 0. The molecule has 116 valence electrons. The molecule has 0 saturated carbocycles. The van der Waals surface area contributed by atoms with Crippen molar-refractivity contribution >= 4 is 17.3 Å². The molecule has 0 radical (unpaired) electrons. The fourth-order valence-corrected chi connectivity index (χ4v) is 2.82. The Morgan fingerprint density at radius 2 is 2.24 bits per heavy atom. The highest BCUT2D eigenvalue weighted by Crippen LogP contribution is 2.17. The van der Waals surface area contributed by atoms with Gasteiger partial charge < -0.3 is 20.9 Å². The van der Waals surface area contributed by atoms with Crippen molar-refractivity contribution in [1.82, 2.24) is 9.80 Å². The number of nitrogens with one attached hydrogen (secondary N) is 1. The summed E-state index contributed by atoms with van der Waals surface area (Å²) in [5.74, 6) is 0.746. The molecule has 0 aliphatic carbocycles. The number of hydrogen-bond donors (Lipinski definition) is 2. The molecule has 1 heterocycles. The van der Waals surface area contributed by atoms with Crippen LogP contribution in [0.5, 0.6) is 0 Å². The number of carbonyl (C=O) groups is 1. The molecule has 3 N–H and O–H groups in total. The summed E-state index contributed by atoms with van der Waals surface area (Å²) in [7, 11) is 4.25. The van der Waals surface area contributed by atoms with Gasteiger partial charge in [0.1, 0.15) is 0 Å². The van der Waals surface area contributed by atoms with Gasteiger partial charge in [0.05, 0.1) is 11.4 Å². The summed E-state index contributed by atoms with van der Waals surface area (Å²) in [5, 5.41) is 2.87. The number of anilines is 2. The van der Waals surface area contributed by atoms with Crippen molar-refractivity contribution < 1.29 is 4.79 Å². The molecule has 21 heavy (non-hydrogen) atoms. The minimum Gasteiger partial charge on any atom is -0.397 e. The molecule has 2 rings (SSSR count). The lowest BCUT2D eigenvalue weighted by atomic mass is 10.1. The van der Waals surface area contributed by atoms with Crippen molar-refractivity contribution in [2.24, 2.45) is 5.92 Å². The Kier molecular flexibility index (Phi) is 5.59. The van der Waals surface area contributed by atoms with Crippen LogP contribution in [0.25, 0.3) is 0 Å². The lowest BCUT2D eigenvalue weighted by Crippen LogP contribution is -2.30. The van der Waals surface area contributed by atoms with Gasteiger partial charge in [-0.15, -0.1) is 0 Å². The zero-order valence-corrected chi connectivity index (χ0v) is 13.0. The third-order valence-corrected chi connectivity index (χ3v) is 4.01. The summed E-state index contributed by atoms with van der Waals surface area (Å²) in [4.78, 5) is 16.6. The van der Waals surface area contributed by atoms with E-state index in [4.69, 9.17) is 5.73 Å². The first-order valence-electron chi connectivity index (χ1n) is 7.56. The minimum absolute atomic E-state index is 0.0169. The van der Waals surface area contributed by atoms with E-state index in [1.165, 1.54) is 13.0 Å². The Morgan fingerprint density at radius 3 is 2.90 bits per heavy atom. The number of nitrogens with two attached hydrogens (primary N) is 1. The zero-order valence-electron chi connectivity index (χ0n) is 13.0. The van der Waals surface area contributed by atoms with Gasteiger partial charge in [0, 0.05) is 26.1 Å². The standard InChI is InChI=1S/C16H26N4O/c1-19-9-7-13(11-19)12-20(2)10-8-16(21)18-15-6-4-3-5-14(15)17/h3-6,13H,7-12,17H2,1-2H3,(H,18,21). The number of amides is 1. The average Bonchev–Trinajstić information content (AvgIpc) is 2.84. The number of benzene rings is 1. The van der Waals surface area contributed by atoms with Crippen molar-refractivity contribution in [2.75, 3.05) is 51.3 Å². The van der Waals surface area contributed by atoms with Crippen LogP contribution < -0.4 is 11.1 Å². The van der Waals surface area contributed by atoms with E-state index in [1.807, 2.05) is 18.2 Å². The van der Waals surface area contributed by atoms with Crippen molar-refractivity contribution in [1.29, 1.82) is 0 Å². The summed E-state index contributed by atoms with van der Waals surface area (Å²) in [5.41, 5.74) is 7.12. The molecule has 5 heteroatoms. The molecule has 0 bridgehead atoms. The Morgan fingerprint density at radius 1 is 1.48 bits per heavy atom. The molecule has 0 aromatic heterocycles. The van der Waals surface area contributed by atoms with Crippen LogP contribution in [0.1, 0.15) is 12.8 Å². The molecule has 0 spiro atoms. The molecular weight excluding hydrogens is 264 g/mol. The van der Waals surface area contributed by atoms with Crippen molar-refractivity contribution in [3.05, 3.63) is 24.3 Å². The average molecular weight is 290 g/mol. The topological polar surface area (TPSA) is 61.6 Å². The number of likely N-dealkylation sites (tertiary alicyclic amines) is 1. The van der Waals surface area contributed by atoms with Gasteiger partial charge >= 0.3 is 0 Å². The number of rotatable bonds is 6. The van der Waals surface area contributed by atoms with Gasteiger partial charge in [0.15, 0.2) is 0 Å². The van der Waals surface area contributed by atoms with Crippen molar-refractivity contribution in [2.45, 2.75) is 12.8 Å². The van der Waals surface area contributed by atoms with E-state index < -0.39 is 0 Å². The summed E-state index contributed by atoms with van der Waals surface area (Å²) < 4.78 is 0. The van der Waals surface area contributed by atoms with Crippen LogP contribution in [0.2, 0.25) is 0 Å². The Labute approximate surface area is 127 Å². The highest BCUT2D eigenvalue weighted by Gasteiger charge is 2.20. The van der Waals surface area contributed by atoms with Crippen LogP contribution in [0.4, 0.5) is 11.4 Å². The van der Waals surface area contributed by atoms with Gasteiger partial charge in [-0.3, -0.25) is 4.79 Å². The lowest BCUT2D eigenvalue weighted by molar-refractivity contribution is -0.116. The molecule has 1 unspecified atom stereocenters. The Balaban J connectivity index is 1.70. The Hall–Kier alpha value is -1.59. The van der Waals surface area contributed by atoms with Crippen LogP contribution in [0.3, 0.4) is 0 Å². The van der Waals surface area contributed by atoms with Crippen molar-refractivity contribution in [3.63, 3.8) is 0 Å². The van der Waals surface area contributed by atoms with Gasteiger partial charge in [-0.2, -0.15) is 0 Å². The lowest BCUT2D eigenvalue weighted by Gasteiger charge is -2.20. The van der Waals surface area contributed by atoms with E-state index in [-0.39, 0.29) is 5.91 Å². The van der Waals surface area contributed by atoms with Crippen LogP contribution in [-0.2, 0) is 4.79 Å². The third kappa shape index (κ3) is 5.02. The molecule has 1 aliphatic rings. The molecule has 5 nitrogen and oxygen atoms in total. The van der Waals surface area contributed by atoms with E-state index in [1.54, 1.807) is 6.07 Å². The number of nitrogens with zero attached hydrogens (tertiary/aromatic N) is 2. The quantitative estimate of drug-likeness (QED) is 0.779. The van der Waals surface area contributed by atoms with Gasteiger partial charge in [0.2, 0.25) is 5.91 Å². The fourth-order valence-electron chi connectivity index (χ4n) is 2.82. The number of carbonyl (C=O) groups excluding carboxylic acids is 1. The number of hydrogen-bond acceptors (Lipinski definition) is 4. The van der Waals surface area contributed by atoms with E-state index in [2.05, 4.69) is 29.2 Å². The molecule has 1 atom stereocenters. The largest absolute Gasteiger partial charge is 0.397 e. The SMILES string of the molecule is CN(CCC(=O)Nc1ccccc1N)CC1CCN(C)C1.